The van der Waals surface area contributed by atoms with Crippen molar-refractivity contribution in [3.05, 3.63) is 62.8 Å². The molecule has 21 heavy (non-hydrogen) atoms. The first-order valence-corrected chi connectivity index (χ1v) is 9.38. The molecule has 0 amide bonds. The molecule has 0 N–H and O–H groups in total. The van der Waals surface area contributed by atoms with Crippen molar-refractivity contribution in [1.29, 1.82) is 0 Å². The van der Waals surface area contributed by atoms with E-state index in [9.17, 15) is 12.8 Å². The predicted molar refractivity (Wildman–Crippen MR) is 89.3 cm³/mol. The minimum atomic E-state index is -3.53. The normalized spacial score (nSPS) is 11.4. The molecule has 0 aromatic heterocycles. The molecule has 0 saturated heterocycles. The monoisotopic (exact) mass is 435 g/mol. The Bertz CT molecular complexity index is 765. The van der Waals surface area contributed by atoms with Crippen molar-refractivity contribution in [3.63, 3.8) is 0 Å². The van der Waals surface area contributed by atoms with E-state index in [-0.39, 0.29) is 6.54 Å². The summed E-state index contributed by atoms with van der Waals surface area (Å²) in [6, 6.07) is 11.4. The van der Waals surface area contributed by atoms with Gasteiger partial charge in [-0.15, -0.1) is 0 Å². The lowest BCUT2D eigenvalue weighted by Crippen LogP contribution is -2.29. The number of hydrogen-bond acceptors (Lipinski definition) is 2. The predicted octanol–water partition coefficient (Wildman–Crippen LogP) is 4.32. The lowest BCUT2D eigenvalue weighted by molar-refractivity contribution is 0.590. The molecule has 0 aliphatic heterocycles. The smallest absolute Gasteiger partial charge is 0.232 e. The Labute approximate surface area is 140 Å². The lowest BCUT2D eigenvalue weighted by atomic mass is 10.2. The van der Waals surface area contributed by atoms with Crippen molar-refractivity contribution in [2.24, 2.45) is 0 Å². The van der Waals surface area contributed by atoms with Crippen molar-refractivity contribution < 1.29 is 12.8 Å². The van der Waals surface area contributed by atoms with Gasteiger partial charge in [-0.05, 0) is 30.3 Å². The summed E-state index contributed by atoms with van der Waals surface area (Å²) in [6.45, 7) is -0.0611. The van der Waals surface area contributed by atoms with Crippen LogP contribution in [-0.4, -0.2) is 14.7 Å². The molecular formula is C14H12Br2FNO2S. The van der Waals surface area contributed by atoms with Gasteiger partial charge < -0.3 is 0 Å². The molecule has 0 aliphatic carbocycles. The first-order chi connectivity index (χ1) is 9.77. The maximum Gasteiger partial charge on any atom is 0.232 e. The molecule has 2 rings (SSSR count). The largest absolute Gasteiger partial charge is 0.266 e. The van der Waals surface area contributed by atoms with Gasteiger partial charge in [0.1, 0.15) is 5.82 Å². The minimum Gasteiger partial charge on any atom is -0.266 e. The number of anilines is 1. The van der Waals surface area contributed by atoms with Gasteiger partial charge in [0.25, 0.3) is 0 Å². The van der Waals surface area contributed by atoms with Crippen LogP contribution in [0.5, 0.6) is 0 Å². The Morgan fingerprint density at radius 2 is 1.76 bits per heavy atom. The third-order valence-corrected chi connectivity index (χ3v) is 4.95. The lowest BCUT2D eigenvalue weighted by Gasteiger charge is -2.23. The van der Waals surface area contributed by atoms with Crippen LogP contribution in [-0.2, 0) is 16.6 Å². The second kappa shape index (κ2) is 6.46. The molecule has 2 aromatic rings. The van der Waals surface area contributed by atoms with Crippen LogP contribution in [0.15, 0.2) is 51.4 Å². The summed E-state index contributed by atoms with van der Waals surface area (Å²) in [4.78, 5) is 0. The third kappa shape index (κ3) is 4.28. The number of nitrogens with zero attached hydrogens (tertiary/aromatic N) is 1. The van der Waals surface area contributed by atoms with E-state index in [0.717, 1.165) is 10.7 Å². The Hall–Kier alpha value is -0.920. The van der Waals surface area contributed by atoms with E-state index in [0.29, 0.717) is 15.7 Å². The quantitative estimate of drug-likeness (QED) is 0.715. The first kappa shape index (κ1) is 16.5. The van der Waals surface area contributed by atoms with Crippen molar-refractivity contribution in [2.75, 3.05) is 10.6 Å². The van der Waals surface area contributed by atoms with Gasteiger partial charge in [0.15, 0.2) is 0 Å². The van der Waals surface area contributed by atoms with Crippen molar-refractivity contribution in [1.82, 2.24) is 0 Å². The molecule has 0 atom stereocenters. The average molecular weight is 437 g/mol. The van der Waals surface area contributed by atoms with E-state index in [1.54, 1.807) is 36.4 Å². The molecule has 0 bridgehead atoms. The minimum absolute atomic E-state index is 0.0611. The van der Waals surface area contributed by atoms with Crippen LogP contribution in [0.2, 0.25) is 0 Å². The highest BCUT2D eigenvalue weighted by atomic mass is 79.9. The number of halogens is 3. The fraction of sp³-hybridized carbons (Fsp3) is 0.143. The van der Waals surface area contributed by atoms with Gasteiger partial charge in [0, 0.05) is 14.5 Å². The van der Waals surface area contributed by atoms with E-state index in [4.69, 9.17) is 0 Å². The molecular weight excluding hydrogens is 425 g/mol. The summed E-state index contributed by atoms with van der Waals surface area (Å²) in [5, 5.41) is 0. The van der Waals surface area contributed by atoms with Gasteiger partial charge in [0.05, 0.1) is 18.5 Å². The van der Waals surface area contributed by atoms with E-state index >= 15 is 0 Å². The highest BCUT2D eigenvalue weighted by molar-refractivity contribution is 9.10. The van der Waals surface area contributed by atoms with Gasteiger partial charge in [-0.25, -0.2) is 12.8 Å². The molecule has 0 heterocycles. The zero-order valence-corrected chi connectivity index (χ0v) is 15.0. The molecule has 7 heteroatoms. The van der Waals surface area contributed by atoms with Crippen molar-refractivity contribution >= 4 is 47.6 Å². The van der Waals surface area contributed by atoms with E-state index in [1.807, 2.05) is 0 Å². The zero-order valence-electron chi connectivity index (χ0n) is 11.1. The number of benzene rings is 2. The highest BCUT2D eigenvalue weighted by Crippen LogP contribution is 2.25. The molecule has 0 unspecified atom stereocenters. The molecule has 0 aliphatic rings. The first-order valence-electron chi connectivity index (χ1n) is 5.94. The number of rotatable bonds is 4. The van der Waals surface area contributed by atoms with Crippen LogP contribution in [0.1, 0.15) is 5.56 Å². The fourth-order valence-corrected chi connectivity index (χ4v) is 3.43. The standard InChI is InChI=1S/C14H12Br2FNO2S/c1-21(19,20)18(13-4-2-3-11(15)7-13)9-10-5-6-12(16)8-14(10)17/h2-8H,9H2,1H3. The molecule has 0 radical (unpaired) electrons. The van der Waals surface area contributed by atoms with Gasteiger partial charge in [-0.1, -0.05) is 44.0 Å². The Kier molecular flexibility index (Phi) is 5.06. The van der Waals surface area contributed by atoms with Crippen LogP contribution in [0.25, 0.3) is 0 Å². The summed E-state index contributed by atoms with van der Waals surface area (Å²) in [6.07, 6.45) is 1.10. The summed E-state index contributed by atoms with van der Waals surface area (Å²) < 4.78 is 40.5. The van der Waals surface area contributed by atoms with Crippen LogP contribution in [0, 0.1) is 5.82 Å². The van der Waals surface area contributed by atoms with Gasteiger partial charge >= 0.3 is 0 Å². The van der Waals surface area contributed by atoms with E-state index < -0.39 is 15.8 Å². The highest BCUT2D eigenvalue weighted by Gasteiger charge is 2.19. The summed E-state index contributed by atoms with van der Waals surface area (Å²) >= 11 is 6.48. The summed E-state index contributed by atoms with van der Waals surface area (Å²) in [7, 11) is -3.53. The second-order valence-electron chi connectivity index (χ2n) is 4.49. The summed E-state index contributed by atoms with van der Waals surface area (Å²) in [5.74, 6) is -0.451. The van der Waals surface area contributed by atoms with Crippen LogP contribution < -0.4 is 4.31 Å². The maximum absolute atomic E-state index is 13.9. The Morgan fingerprint density at radius 1 is 1.10 bits per heavy atom. The SMILES string of the molecule is CS(=O)(=O)N(Cc1ccc(Br)cc1F)c1cccc(Br)c1. The summed E-state index contributed by atoms with van der Waals surface area (Å²) in [5.41, 5.74) is 0.790. The van der Waals surface area contributed by atoms with Crippen molar-refractivity contribution in [2.45, 2.75) is 6.54 Å². The molecule has 0 spiro atoms. The number of sulfonamides is 1. The van der Waals surface area contributed by atoms with Crippen LogP contribution >= 0.6 is 31.9 Å². The molecule has 3 nitrogen and oxygen atoms in total. The Balaban J connectivity index is 2.43. The molecule has 0 fully saturated rings. The average Bonchev–Trinajstić information content (AvgIpc) is 2.36. The molecule has 112 valence electrons. The third-order valence-electron chi connectivity index (χ3n) is 2.83. The Morgan fingerprint density at radius 3 is 2.33 bits per heavy atom. The topological polar surface area (TPSA) is 37.4 Å². The van der Waals surface area contributed by atoms with Gasteiger partial charge in [-0.3, -0.25) is 4.31 Å². The zero-order chi connectivity index (χ0) is 15.6. The van der Waals surface area contributed by atoms with Crippen LogP contribution in [0.3, 0.4) is 0 Å². The van der Waals surface area contributed by atoms with Crippen LogP contribution in [0.4, 0.5) is 10.1 Å². The van der Waals surface area contributed by atoms with Crippen molar-refractivity contribution in [3.8, 4) is 0 Å². The fourth-order valence-electron chi connectivity index (χ4n) is 1.84. The van der Waals surface area contributed by atoms with Gasteiger partial charge in [0.2, 0.25) is 10.0 Å². The number of hydrogen-bond donors (Lipinski definition) is 0. The second-order valence-corrected chi connectivity index (χ2v) is 8.22. The maximum atomic E-state index is 13.9. The molecule has 0 saturated carbocycles. The van der Waals surface area contributed by atoms with E-state index in [1.165, 1.54) is 10.4 Å². The van der Waals surface area contributed by atoms with E-state index in [2.05, 4.69) is 31.9 Å². The molecule has 2 aromatic carbocycles. The van der Waals surface area contributed by atoms with Gasteiger partial charge in [-0.2, -0.15) is 0 Å².